The Morgan fingerprint density at radius 2 is 2.00 bits per heavy atom. The summed E-state index contributed by atoms with van der Waals surface area (Å²) in [6.45, 7) is 1.54. The maximum atomic E-state index is 13.2. The minimum atomic E-state index is -1.03. The highest BCUT2D eigenvalue weighted by atomic mass is 16.5. The first-order chi connectivity index (χ1) is 18.8. The van der Waals surface area contributed by atoms with E-state index in [9.17, 15) is 29.7 Å². The number of nitrogens with zero attached hydrogens (tertiary/aromatic N) is 2. The normalized spacial score (nSPS) is 22.2. The number of fused-ring (bicyclic) bond motifs is 1. The van der Waals surface area contributed by atoms with Crippen LogP contribution in [0, 0.1) is 17.8 Å². The Morgan fingerprint density at radius 3 is 2.64 bits per heavy atom. The van der Waals surface area contributed by atoms with Gasteiger partial charge in [-0.3, -0.25) is 14.6 Å². The molecular formula is C30H34N2O7. The standard InChI is InChI=1S/C30H34N2O7/c1-3-7-20-16-22-27(29(37)32(28(22)36)30(38)39-2)23(17-33)26(20)25(35)12-11-19(24-10-4-5-13-31-24)14-18-8-6-9-21(34)15-18/h4-6,8-10,13-15,22-23,25,27,33-35H,3,7,11-12,16-17H2,1-2H3/b19-14-/t22-,23+,25-,27-/m1/s1. The van der Waals surface area contributed by atoms with Crippen LogP contribution in [0.15, 0.2) is 59.8 Å². The predicted octanol–water partition coefficient (Wildman–Crippen LogP) is 3.95. The summed E-state index contributed by atoms with van der Waals surface area (Å²) < 4.78 is 4.65. The number of amides is 3. The lowest BCUT2D eigenvalue weighted by molar-refractivity contribution is -0.137. The summed E-state index contributed by atoms with van der Waals surface area (Å²) in [7, 11) is 1.11. The van der Waals surface area contributed by atoms with Crippen molar-refractivity contribution in [1.82, 2.24) is 9.88 Å². The number of benzene rings is 1. The Hall–Kier alpha value is -3.82. The number of imide groups is 3. The molecule has 1 saturated heterocycles. The van der Waals surface area contributed by atoms with Crippen molar-refractivity contribution in [3.63, 3.8) is 0 Å². The zero-order chi connectivity index (χ0) is 28.1. The van der Waals surface area contributed by atoms with Crippen molar-refractivity contribution in [3.8, 4) is 5.75 Å². The second-order valence-electron chi connectivity index (χ2n) is 9.95. The van der Waals surface area contributed by atoms with Crippen LogP contribution in [0.4, 0.5) is 4.79 Å². The fraction of sp³-hybridized carbons (Fsp3) is 0.400. The molecule has 1 aliphatic carbocycles. The molecule has 2 aliphatic rings. The molecule has 0 radical (unpaired) electrons. The number of carbonyl (C=O) groups is 3. The molecule has 9 heteroatoms. The first-order valence-electron chi connectivity index (χ1n) is 13.2. The molecule has 0 saturated carbocycles. The Kier molecular flexibility index (Phi) is 8.93. The molecule has 0 bridgehead atoms. The van der Waals surface area contributed by atoms with Gasteiger partial charge in [-0.2, -0.15) is 4.90 Å². The molecule has 3 amide bonds. The lowest BCUT2D eigenvalue weighted by atomic mass is 9.67. The number of phenolic OH excluding ortho intramolecular Hbond substituents is 1. The second-order valence-corrected chi connectivity index (χ2v) is 9.95. The lowest BCUT2D eigenvalue weighted by Gasteiger charge is -2.36. The average molecular weight is 535 g/mol. The van der Waals surface area contributed by atoms with Crippen molar-refractivity contribution in [2.24, 2.45) is 17.8 Å². The Balaban J connectivity index is 1.65. The Bertz CT molecular complexity index is 1290. The number of phenols is 1. The molecule has 9 nitrogen and oxygen atoms in total. The van der Waals surface area contributed by atoms with Crippen molar-refractivity contribution in [2.75, 3.05) is 13.7 Å². The van der Waals surface area contributed by atoms with E-state index in [-0.39, 0.29) is 18.6 Å². The van der Waals surface area contributed by atoms with Gasteiger partial charge in [0.2, 0.25) is 11.8 Å². The van der Waals surface area contributed by atoms with Crippen LogP contribution in [-0.2, 0) is 14.3 Å². The number of aliphatic hydroxyl groups excluding tert-OH is 2. The van der Waals surface area contributed by atoms with Crippen LogP contribution in [0.3, 0.4) is 0 Å². The van der Waals surface area contributed by atoms with E-state index in [0.717, 1.165) is 35.9 Å². The molecule has 4 rings (SSSR count). The van der Waals surface area contributed by atoms with Crippen LogP contribution in [-0.4, -0.2) is 62.9 Å². The fourth-order valence-electron chi connectivity index (χ4n) is 5.86. The predicted molar refractivity (Wildman–Crippen MR) is 144 cm³/mol. The molecule has 0 spiro atoms. The van der Waals surface area contributed by atoms with Crippen molar-refractivity contribution in [1.29, 1.82) is 0 Å². The number of hydrogen-bond acceptors (Lipinski definition) is 8. The molecule has 4 atom stereocenters. The van der Waals surface area contributed by atoms with Gasteiger partial charge < -0.3 is 20.1 Å². The third-order valence-corrected chi connectivity index (χ3v) is 7.54. The minimum Gasteiger partial charge on any atom is -0.508 e. The molecule has 206 valence electrons. The third kappa shape index (κ3) is 5.79. The first kappa shape index (κ1) is 28.2. The maximum absolute atomic E-state index is 13.2. The van der Waals surface area contributed by atoms with Crippen LogP contribution >= 0.6 is 0 Å². The molecule has 1 aromatic heterocycles. The van der Waals surface area contributed by atoms with Gasteiger partial charge in [0, 0.05) is 12.1 Å². The van der Waals surface area contributed by atoms with Crippen molar-refractivity contribution in [2.45, 2.75) is 45.1 Å². The highest BCUT2D eigenvalue weighted by molar-refractivity contribution is 6.16. The van der Waals surface area contributed by atoms with E-state index in [4.69, 9.17) is 0 Å². The number of methoxy groups -OCH3 is 1. The van der Waals surface area contributed by atoms with Gasteiger partial charge in [-0.1, -0.05) is 37.1 Å². The van der Waals surface area contributed by atoms with E-state index in [0.29, 0.717) is 23.3 Å². The minimum absolute atomic E-state index is 0.137. The van der Waals surface area contributed by atoms with E-state index in [1.165, 1.54) is 0 Å². The Labute approximate surface area is 227 Å². The lowest BCUT2D eigenvalue weighted by Crippen LogP contribution is -2.40. The molecule has 3 N–H and O–H groups in total. The van der Waals surface area contributed by atoms with Gasteiger partial charge in [-0.15, -0.1) is 0 Å². The van der Waals surface area contributed by atoms with Gasteiger partial charge in [0.05, 0.1) is 37.4 Å². The number of likely N-dealkylation sites (tertiary alicyclic amines) is 1. The first-order valence-corrected chi connectivity index (χ1v) is 13.2. The summed E-state index contributed by atoms with van der Waals surface area (Å²) >= 11 is 0. The average Bonchev–Trinajstić information content (AvgIpc) is 3.19. The summed E-state index contributed by atoms with van der Waals surface area (Å²) in [4.78, 5) is 43.4. The van der Waals surface area contributed by atoms with Gasteiger partial charge in [-0.25, -0.2) is 4.79 Å². The molecule has 1 aliphatic heterocycles. The number of aliphatic hydroxyl groups is 2. The summed E-state index contributed by atoms with van der Waals surface area (Å²) in [5, 5.41) is 31.8. The zero-order valence-corrected chi connectivity index (χ0v) is 22.1. The number of carbonyl (C=O) groups excluding carboxylic acids is 3. The molecule has 1 fully saturated rings. The molecule has 0 unspecified atom stereocenters. The third-order valence-electron chi connectivity index (χ3n) is 7.54. The fourth-order valence-corrected chi connectivity index (χ4v) is 5.86. The van der Waals surface area contributed by atoms with Crippen LogP contribution in [0.1, 0.15) is 50.3 Å². The van der Waals surface area contributed by atoms with E-state index in [1.54, 1.807) is 24.4 Å². The molecule has 2 heterocycles. The topological polar surface area (TPSA) is 137 Å². The number of hydrogen-bond donors (Lipinski definition) is 3. The maximum Gasteiger partial charge on any atom is 0.423 e. The van der Waals surface area contributed by atoms with Crippen molar-refractivity contribution >= 4 is 29.6 Å². The van der Waals surface area contributed by atoms with Crippen LogP contribution in [0.25, 0.3) is 11.6 Å². The zero-order valence-electron chi connectivity index (χ0n) is 22.1. The van der Waals surface area contributed by atoms with Crippen LogP contribution in [0.2, 0.25) is 0 Å². The quantitative estimate of drug-likeness (QED) is 0.325. The number of ether oxygens (including phenoxy) is 1. The van der Waals surface area contributed by atoms with Gasteiger partial charge >= 0.3 is 6.09 Å². The monoisotopic (exact) mass is 534 g/mol. The second kappa shape index (κ2) is 12.4. The van der Waals surface area contributed by atoms with Gasteiger partial charge in [0.25, 0.3) is 0 Å². The van der Waals surface area contributed by atoms with Gasteiger partial charge in [0.15, 0.2) is 0 Å². The van der Waals surface area contributed by atoms with Gasteiger partial charge in [0.1, 0.15) is 5.75 Å². The Morgan fingerprint density at radius 1 is 1.21 bits per heavy atom. The summed E-state index contributed by atoms with van der Waals surface area (Å²) in [6, 6.07) is 12.4. The molecular weight excluding hydrogens is 500 g/mol. The van der Waals surface area contributed by atoms with E-state index in [2.05, 4.69) is 9.72 Å². The van der Waals surface area contributed by atoms with Crippen LogP contribution in [0.5, 0.6) is 5.75 Å². The van der Waals surface area contributed by atoms with Crippen molar-refractivity contribution in [3.05, 3.63) is 71.1 Å². The molecule has 2 aromatic rings. The summed E-state index contributed by atoms with van der Waals surface area (Å²) in [5.74, 6) is -3.69. The number of rotatable bonds is 9. The highest BCUT2D eigenvalue weighted by Crippen LogP contribution is 2.47. The number of allylic oxidation sites excluding steroid dienone is 2. The number of pyridine rings is 1. The summed E-state index contributed by atoms with van der Waals surface area (Å²) in [6.07, 6.45) is 3.85. The van der Waals surface area contributed by atoms with E-state index in [1.807, 2.05) is 37.3 Å². The number of aromatic nitrogens is 1. The molecule has 1 aromatic carbocycles. The highest BCUT2D eigenvalue weighted by Gasteiger charge is 2.57. The van der Waals surface area contributed by atoms with Gasteiger partial charge in [-0.05, 0) is 72.7 Å². The largest absolute Gasteiger partial charge is 0.508 e. The smallest absolute Gasteiger partial charge is 0.423 e. The van der Waals surface area contributed by atoms with Crippen LogP contribution < -0.4 is 0 Å². The molecule has 39 heavy (non-hydrogen) atoms. The van der Waals surface area contributed by atoms with E-state index >= 15 is 0 Å². The SMILES string of the molecule is CCCC1=C([C@H](O)CC/C(=C/c2cccc(O)c2)c2ccccn2)[C@H](CO)[C@@H]2C(=O)N(C(=O)OC)C(=O)[C@@H]2C1. The number of aromatic hydroxyl groups is 1. The summed E-state index contributed by atoms with van der Waals surface area (Å²) in [5.41, 5.74) is 3.77. The van der Waals surface area contributed by atoms with Crippen molar-refractivity contribution < 1.29 is 34.4 Å². The van der Waals surface area contributed by atoms with E-state index < -0.39 is 48.4 Å².